The molecule has 2 fully saturated rings. The zero-order chi connectivity index (χ0) is 25.8. The van der Waals surface area contributed by atoms with Crippen molar-refractivity contribution in [3.8, 4) is 0 Å². The lowest BCUT2D eigenvalue weighted by molar-refractivity contribution is -0.384. The number of imide groups is 1. The van der Waals surface area contributed by atoms with Crippen LogP contribution in [0.3, 0.4) is 0 Å². The number of anilines is 3. The molecule has 6 rings (SSSR count). The highest BCUT2D eigenvalue weighted by Gasteiger charge is 2.64. The minimum Gasteiger partial charge on any atom is -0.351 e. The van der Waals surface area contributed by atoms with Crippen molar-refractivity contribution in [2.75, 3.05) is 15.1 Å². The summed E-state index contributed by atoms with van der Waals surface area (Å²) in [7, 11) is 0. The van der Waals surface area contributed by atoms with Crippen LogP contribution in [-0.2, 0) is 14.4 Å². The number of carbonyl (C=O) groups is 3. The van der Waals surface area contributed by atoms with Crippen molar-refractivity contribution in [1.82, 2.24) is 0 Å². The second-order valence-corrected chi connectivity index (χ2v) is 9.09. The number of fused-ring (bicyclic) bond motifs is 5. The fourth-order valence-electron chi connectivity index (χ4n) is 5.54. The summed E-state index contributed by atoms with van der Waals surface area (Å²) in [4.78, 5) is 54.4. The normalized spacial score (nSPS) is 23.5. The summed E-state index contributed by atoms with van der Waals surface area (Å²) >= 11 is 0. The summed E-state index contributed by atoms with van der Waals surface area (Å²) in [5.74, 6) is -3.82. The van der Waals surface area contributed by atoms with Gasteiger partial charge >= 0.3 is 0 Å². The Morgan fingerprint density at radius 1 is 0.919 bits per heavy atom. The molecular weight excluding hydrogens is 479 g/mol. The maximum absolute atomic E-state index is 13.7. The highest BCUT2D eigenvalue weighted by Crippen LogP contribution is 2.49. The Kier molecular flexibility index (Phi) is 5.11. The minimum atomic E-state index is -1.03. The van der Waals surface area contributed by atoms with Gasteiger partial charge in [-0.2, -0.15) is 0 Å². The molecule has 0 bridgehead atoms. The first-order valence-electron chi connectivity index (χ1n) is 11.6. The SMILES string of the molecule is O=C(Nc1ccc([N+](=O)[O-])cc1)[C@@H]1[C@H]2C(=O)N(c3ccc(F)cc3)C(=O)[C@@H]2[C@H]2C=Cc3ccccc3N21. The molecule has 2 saturated heterocycles. The van der Waals surface area contributed by atoms with Crippen molar-refractivity contribution in [3.05, 3.63) is 100 Å². The van der Waals surface area contributed by atoms with Gasteiger partial charge in [0.15, 0.2) is 0 Å². The van der Waals surface area contributed by atoms with Crippen molar-refractivity contribution in [1.29, 1.82) is 0 Å². The average molecular weight is 498 g/mol. The van der Waals surface area contributed by atoms with Crippen LogP contribution in [0.1, 0.15) is 5.56 Å². The van der Waals surface area contributed by atoms with Crippen LogP contribution < -0.4 is 15.1 Å². The summed E-state index contributed by atoms with van der Waals surface area (Å²) in [6.45, 7) is 0. The van der Waals surface area contributed by atoms with Crippen molar-refractivity contribution in [2.45, 2.75) is 12.1 Å². The lowest BCUT2D eigenvalue weighted by Gasteiger charge is -2.36. The van der Waals surface area contributed by atoms with Gasteiger partial charge in [-0.25, -0.2) is 9.29 Å². The van der Waals surface area contributed by atoms with Crippen LogP contribution >= 0.6 is 0 Å². The van der Waals surface area contributed by atoms with E-state index in [2.05, 4.69) is 5.32 Å². The molecule has 10 heteroatoms. The molecule has 1 N–H and O–H groups in total. The van der Waals surface area contributed by atoms with E-state index in [1.165, 1.54) is 48.5 Å². The number of hydrogen-bond acceptors (Lipinski definition) is 6. The van der Waals surface area contributed by atoms with E-state index >= 15 is 0 Å². The smallest absolute Gasteiger partial charge is 0.269 e. The van der Waals surface area contributed by atoms with Crippen molar-refractivity contribution in [3.63, 3.8) is 0 Å². The molecule has 0 spiro atoms. The van der Waals surface area contributed by atoms with Gasteiger partial charge in [0.05, 0.1) is 28.5 Å². The van der Waals surface area contributed by atoms with Gasteiger partial charge < -0.3 is 10.2 Å². The molecule has 4 atom stereocenters. The average Bonchev–Trinajstić information content (AvgIpc) is 3.38. The molecule has 3 aliphatic rings. The molecule has 3 heterocycles. The molecule has 0 radical (unpaired) electrons. The number of para-hydroxylation sites is 1. The van der Waals surface area contributed by atoms with Gasteiger partial charge in [-0.05, 0) is 48.0 Å². The van der Waals surface area contributed by atoms with Crippen molar-refractivity contribution >= 4 is 46.5 Å². The molecule has 0 aliphatic carbocycles. The molecule has 3 aromatic carbocycles. The zero-order valence-corrected chi connectivity index (χ0v) is 19.2. The number of benzene rings is 3. The van der Waals surface area contributed by atoms with E-state index < -0.39 is 52.4 Å². The van der Waals surface area contributed by atoms with Gasteiger partial charge in [-0.3, -0.25) is 24.5 Å². The van der Waals surface area contributed by atoms with Crippen LogP contribution in [0.15, 0.2) is 78.9 Å². The van der Waals surface area contributed by atoms with Crippen LogP contribution in [-0.4, -0.2) is 34.7 Å². The number of nitrogens with one attached hydrogen (secondary N) is 1. The maximum atomic E-state index is 13.7. The number of rotatable bonds is 4. The zero-order valence-electron chi connectivity index (χ0n) is 19.2. The van der Waals surface area contributed by atoms with E-state index in [4.69, 9.17) is 0 Å². The molecule has 3 amide bonds. The van der Waals surface area contributed by atoms with Gasteiger partial charge in [0, 0.05) is 23.5 Å². The van der Waals surface area contributed by atoms with E-state index in [0.29, 0.717) is 5.69 Å². The molecule has 3 aliphatic heterocycles. The fourth-order valence-corrected chi connectivity index (χ4v) is 5.54. The first-order valence-corrected chi connectivity index (χ1v) is 11.6. The minimum absolute atomic E-state index is 0.124. The largest absolute Gasteiger partial charge is 0.351 e. The Labute approximate surface area is 209 Å². The molecule has 184 valence electrons. The summed E-state index contributed by atoms with van der Waals surface area (Å²) in [5.41, 5.74) is 2.01. The molecule has 0 aromatic heterocycles. The number of amides is 3. The Bertz CT molecular complexity index is 1490. The third-order valence-electron chi connectivity index (χ3n) is 7.11. The summed E-state index contributed by atoms with van der Waals surface area (Å²) in [5, 5.41) is 13.8. The van der Waals surface area contributed by atoms with Crippen LogP contribution in [0.4, 0.5) is 27.1 Å². The maximum Gasteiger partial charge on any atom is 0.269 e. The summed E-state index contributed by atoms with van der Waals surface area (Å²) < 4.78 is 13.5. The quantitative estimate of drug-likeness (QED) is 0.333. The Hall–Kier alpha value is -4.86. The first-order chi connectivity index (χ1) is 17.8. The lowest BCUT2D eigenvalue weighted by atomic mass is 9.88. The number of nitro benzene ring substituents is 1. The van der Waals surface area contributed by atoms with Gasteiger partial charge in [-0.15, -0.1) is 0 Å². The fraction of sp³-hybridized carbons (Fsp3) is 0.148. The molecule has 0 unspecified atom stereocenters. The van der Waals surface area contributed by atoms with E-state index in [1.807, 2.05) is 41.3 Å². The standard InChI is InChI=1S/C27H19FN4O5/c28-16-6-10-18(11-7-16)30-26(34)22-21-14-5-15-3-1-2-4-20(15)31(21)24(23(22)27(30)35)25(33)29-17-8-12-19(13-9-17)32(36)37/h1-14,21-24H,(H,29,33)/t21-,22-,23+,24+/m1/s1. The molecule has 3 aromatic rings. The monoisotopic (exact) mass is 498 g/mol. The molecule has 0 saturated carbocycles. The number of hydrogen-bond donors (Lipinski definition) is 1. The highest BCUT2D eigenvalue weighted by molar-refractivity contribution is 6.25. The Morgan fingerprint density at radius 3 is 2.30 bits per heavy atom. The Balaban J connectivity index is 1.40. The van der Waals surface area contributed by atoms with Crippen LogP contribution in [0.5, 0.6) is 0 Å². The van der Waals surface area contributed by atoms with Crippen LogP contribution in [0, 0.1) is 27.8 Å². The van der Waals surface area contributed by atoms with E-state index in [1.54, 1.807) is 0 Å². The molecular formula is C27H19FN4O5. The van der Waals surface area contributed by atoms with E-state index in [9.17, 15) is 28.9 Å². The van der Waals surface area contributed by atoms with Crippen molar-refractivity contribution < 1.29 is 23.7 Å². The van der Waals surface area contributed by atoms with Gasteiger partial charge in [0.1, 0.15) is 11.9 Å². The number of nitrogens with zero attached hydrogens (tertiary/aromatic N) is 3. The third kappa shape index (κ3) is 3.48. The summed E-state index contributed by atoms with van der Waals surface area (Å²) in [6, 6.07) is 16.3. The predicted octanol–water partition coefficient (Wildman–Crippen LogP) is 3.76. The Morgan fingerprint density at radius 2 is 1.59 bits per heavy atom. The van der Waals surface area contributed by atoms with E-state index in [0.717, 1.165) is 16.2 Å². The third-order valence-corrected chi connectivity index (χ3v) is 7.11. The number of halogens is 1. The topological polar surface area (TPSA) is 113 Å². The number of non-ortho nitro benzene ring substituents is 1. The lowest BCUT2D eigenvalue weighted by Crippen LogP contribution is -2.50. The van der Waals surface area contributed by atoms with Crippen molar-refractivity contribution in [2.24, 2.45) is 11.8 Å². The predicted molar refractivity (Wildman–Crippen MR) is 133 cm³/mol. The second-order valence-electron chi connectivity index (χ2n) is 9.09. The highest BCUT2D eigenvalue weighted by atomic mass is 19.1. The van der Waals surface area contributed by atoms with Gasteiger partial charge in [0.2, 0.25) is 17.7 Å². The molecule has 9 nitrogen and oxygen atoms in total. The number of carbonyl (C=O) groups excluding carboxylic acids is 3. The molecule has 37 heavy (non-hydrogen) atoms. The summed E-state index contributed by atoms with van der Waals surface area (Å²) in [6.07, 6.45) is 3.71. The van der Waals surface area contributed by atoms with Gasteiger partial charge in [-0.1, -0.05) is 30.4 Å². The second kappa shape index (κ2) is 8.37. The van der Waals surface area contributed by atoms with E-state index in [-0.39, 0.29) is 11.4 Å². The van der Waals surface area contributed by atoms with Gasteiger partial charge in [0.25, 0.3) is 5.69 Å². The van der Waals surface area contributed by atoms with Crippen LogP contribution in [0.2, 0.25) is 0 Å². The first kappa shape index (κ1) is 22.6. The number of nitro groups is 1. The van der Waals surface area contributed by atoms with Crippen LogP contribution in [0.25, 0.3) is 6.08 Å².